The molecule has 2 aliphatic rings. The maximum absolute atomic E-state index is 14.0. The molecule has 3 aromatic rings. The molecule has 0 N–H and O–H groups in total. The molecule has 0 aliphatic carbocycles. The Hall–Kier alpha value is -2.96. The zero-order valence-electron chi connectivity index (χ0n) is 16.7. The van der Waals surface area contributed by atoms with Crippen LogP contribution in [-0.4, -0.2) is 24.7 Å². The zero-order valence-corrected chi connectivity index (χ0v) is 18.3. The molecule has 156 valence electrons. The van der Waals surface area contributed by atoms with Gasteiger partial charge in [-0.15, -0.1) is 11.8 Å². The molecule has 1 saturated heterocycles. The normalized spacial score (nSPS) is 19.9. The lowest BCUT2D eigenvalue weighted by Crippen LogP contribution is -2.49. The van der Waals surface area contributed by atoms with E-state index in [9.17, 15) is 9.59 Å². The van der Waals surface area contributed by atoms with Gasteiger partial charge in [0.25, 0.3) is 5.91 Å². The van der Waals surface area contributed by atoms with Crippen molar-refractivity contribution in [2.45, 2.75) is 11.4 Å². The molecule has 0 aromatic heterocycles. The summed E-state index contributed by atoms with van der Waals surface area (Å²) in [5.41, 5.74) is 3.19. The van der Waals surface area contributed by atoms with Gasteiger partial charge in [-0.25, -0.2) is 0 Å². The third-order valence-electron chi connectivity index (χ3n) is 5.61. The van der Waals surface area contributed by atoms with Crippen molar-refractivity contribution in [3.63, 3.8) is 0 Å². The number of ether oxygens (including phenoxy) is 1. The highest BCUT2D eigenvalue weighted by Crippen LogP contribution is 2.56. The number of rotatable bonds is 4. The lowest BCUT2D eigenvalue weighted by atomic mass is 10.0. The number of halogens is 1. The predicted octanol–water partition coefficient (Wildman–Crippen LogP) is 4.83. The molecule has 7 heteroatoms. The van der Waals surface area contributed by atoms with Crippen molar-refractivity contribution in [1.29, 1.82) is 0 Å². The fraction of sp³-hybridized carbons (Fsp3) is 0.167. The van der Waals surface area contributed by atoms with Crippen molar-refractivity contribution in [3.8, 4) is 5.75 Å². The quantitative estimate of drug-likeness (QED) is 0.571. The third kappa shape index (κ3) is 3.09. The number of carbonyl (C=O) groups is 2. The average molecular weight is 451 g/mol. The summed E-state index contributed by atoms with van der Waals surface area (Å²) in [6, 6.07) is 22.4. The molecule has 3 aromatic carbocycles. The molecule has 1 atom stereocenters. The van der Waals surface area contributed by atoms with Crippen molar-refractivity contribution >= 4 is 46.6 Å². The fourth-order valence-corrected chi connectivity index (χ4v) is 5.83. The van der Waals surface area contributed by atoms with Crippen molar-refractivity contribution < 1.29 is 14.3 Å². The standard InChI is InChI=1S/C24H19ClN2O3S/c1-30-19-9-4-6-16(12-19)14-26-21-11-3-2-10-20(21)24(23(26)29)27(22(28)15-31-24)18-8-5-7-17(25)13-18/h2-13H,14-15H2,1H3/t24-/m0/s1. The van der Waals surface area contributed by atoms with Gasteiger partial charge in [-0.2, -0.15) is 0 Å². The molecule has 2 amide bonds. The summed E-state index contributed by atoms with van der Waals surface area (Å²) in [4.78, 5) is 29.3. The van der Waals surface area contributed by atoms with Gasteiger partial charge in [0.1, 0.15) is 5.75 Å². The number of anilines is 2. The van der Waals surface area contributed by atoms with E-state index in [-0.39, 0.29) is 17.6 Å². The first-order chi connectivity index (χ1) is 15.0. The van der Waals surface area contributed by atoms with Crippen LogP contribution in [0.1, 0.15) is 11.1 Å². The number of thioether (sulfide) groups is 1. The van der Waals surface area contributed by atoms with E-state index >= 15 is 0 Å². The number of methoxy groups -OCH3 is 1. The van der Waals surface area contributed by atoms with E-state index in [1.54, 1.807) is 35.1 Å². The number of hydrogen-bond acceptors (Lipinski definition) is 4. The molecular weight excluding hydrogens is 432 g/mol. The number of hydrogen-bond donors (Lipinski definition) is 0. The Morgan fingerprint density at radius 3 is 2.65 bits per heavy atom. The molecule has 1 fully saturated rings. The Labute approximate surface area is 189 Å². The SMILES string of the molecule is COc1cccc(CN2C(=O)[C@@]3(SCC(=O)N3c3cccc(Cl)c3)c3ccccc32)c1. The summed E-state index contributed by atoms with van der Waals surface area (Å²) in [6.45, 7) is 0.382. The van der Waals surface area contributed by atoms with Gasteiger partial charge in [-0.1, -0.05) is 48.0 Å². The zero-order chi connectivity index (χ0) is 21.6. The van der Waals surface area contributed by atoms with Crippen LogP contribution in [0.25, 0.3) is 0 Å². The Balaban J connectivity index is 1.63. The highest BCUT2D eigenvalue weighted by Gasteiger charge is 2.60. The van der Waals surface area contributed by atoms with Crippen LogP contribution in [0.3, 0.4) is 0 Å². The van der Waals surface area contributed by atoms with Crippen LogP contribution in [0.2, 0.25) is 5.02 Å². The van der Waals surface area contributed by atoms with Crippen LogP contribution in [0, 0.1) is 0 Å². The minimum absolute atomic E-state index is 0.112. The van der Waals surface area contributed by atoms with Gasteiger partial charge < -0.3 is 9.64 Å². The number of benzene rings is 3. The van der Waals surface area contributed by atoms with Crippen molar-refractivity contribution in [1.82, 2.24) is 0 Å². The van der Waals surface area contributed by atoms with E-state index in [1.807, 2.05) is 54.6 Å². The molecule has 5 rings (SSSR count). The predicted molar refractivity (Wildman–Crippen MR) is 124 cm³/mol. The van der Waals surface area contributed by atoms with Gasteiger partial charge in [0.2, 0.25) is 10.8 Å². The fourth-order valence-electron chi connectivity index (χ4n) is 4.28. The van der Waals surface area contributed by atoms with E-state index in [2.05, 4.69) is 0 Å². The number of fused-ring (bicyclic) bond motifs is 2. The Bertz CT molecular complexity index is 1200. The first kappa shape index (κ1) is 20.0. The smallest absolute Gasteiger partial charge is 0.269 e. The third-order valence-corrected chi connectivity index (χ3v) is 7.23. The molecule has 0 unspecified atom stereocenters. The number of nitrogens with zero attached hydrogens (tertiary/aromatic N) is 2. The van der Waals surface area contributed by atoms with Crippen molar-refractivity contribution in [2.75, 3.05) is 22.7 Å². The highest BCUT2D eigenvalue weighted by atomic mass is 35.5. The molecule has 0 radical (unpaired) electrons. The second-order valence-corrected chi connectivity index (χ2v) is 9.01. The van der Waals surface area contributed by atoms with Crippen LogP contribution in [0.5, 0.6) is 5.75 Å². The van der Waals surface area contributed by atoms with Gasteiger partial charge >= 0.3 is 0 Å². The number of para-hydroxylation sites is 1. The Morgan fingerprint density at radius 2 is 1.84 bits per heavy atom. The molecular formula is C24H19ClN2O3S. The van der Waals surface area contributed by atoms with E-state index in [4.69, 9.17) is 16.3 Å². The first-order valence-corrected chi connectivity index (χ1v) is 11.2. The largest absolute Gasteiger partial charge is 0.497 e. The second-order valence-electron chi connectivity index (χ2n) is 7.40. The van der Waals surface area contributed by atoms with E-state index < -0.39 is 4.87 Å². The number of carbonyl (C=O) groups excluding carboxylic acids is 2. The van der Waals surface area contributed by atoms with Crippen LogP contribution in [0.4, 0.5) is 11.4 Å². The lowest BCUT2D eigenvalue weighted by Gasteiger charge is -2.33. The van der Waals surface area contributed by atoms with Crippen LogP contribution in [-0.2, 0) is 21.0 Å². The van der Waals surface area contributed by atoms with Crippen LogP contribution < -0.4 is 14.5 Å². The summed E-state index contributed by atoms with van der Waals surface area (Å²) in [5, 5.41) is 0.518. The summed E-state index contributed by atoms with van der Waals surface area (Å²) in [7, 11) is 1.62. The topological polar surface area (TPSA) is 49.9 Å². The van der Waals surface area contributed by atoms with Gasteiger partial charge in [0, 0.05) is 16.3 Å². The molecule has 0 bridgehead atoms. The van der Waals surface area contributed by atoms with Gasteiger partial charge in [-0.05, 0) is 42.0 Å². The average Bonchev–Trinajstić information content (AvgIpc) is 3.25. The summed E-state index contributed by atoms with van der Waals surface area (Å²) in [6.07, 6.45) is 0. The molecule has 1 spiro atoms. The number of amides is 2. The molecule has 5 nitrogen and oxygen atoms in total. The van der Waals surface area contributed by atoms with Gasteiger partial charge in [0.05, 0.1) is 25.1 Å². The Morgan fingerprint density at radius 1 is 1.03 bits per heavy atom. The second kappa shape index (κ2) is 7.62. The molecule has 0 saturated carbocycles. The summed E-state index contributed by atoms with van der Waals surface area (Å²) in [5.74, 6) is 0.712. The minimum Gasteiger partial charge on any atom is -0.497 e. The lowest BCUT2D eigenvalue weighted by molar-refractivity contribution is -0.123. The maximum atomic E-state index is 14.0. The van der Waals surface area contributed by atoms with E-state index in [0.717, 1.165) is 22.6 Å². The maximum Gasteiger partial charge on any atom is 0.269 e. The van der Waals surface area contributed by atoms with E-state index in [1.165, 1.54) is 11.8 Å². The first-order valence-electron chi connectivity index (χ1n) is 9.81. The van der Waals surface area contributed by atoms with Crippen LogP contribution >= 0.6 is 23.4 Å². The van der Waals surface area contributed by atoms with Gasteiger partial charge in [0.15, 0.2) is 0 Å². The molecule has 31 heavy (non-hydrogen) atoms. The van der Waals surface area contributed by atoms with Crippen molar-refractivity contribution in [3.05, 3.63) is 88.9 Å². The van der Waals surface area contributed by atoms with Gasteiger partial charge in [-0.3, -0.25) is 14.5 Å². The monoisotopic (exact) mass is 450 g/mol. The minimum atomic E-state index is -1.14. The summed E-state index contributed by atoms with van der Waals surface area (Å²) < 4.78 is 5.34. The molecule has 2 aliphatic heterocycles. The van der Waals surface area contributed by atoms with Crippen molar-refractivity contribution in [2.24, 2.45) is 0 Å². The van der Waals surface area contributed by atoms with E-state index in [0.29, 0.717) is 17.3 Å². The summed E-state index contributed by atoms with van der Waals surface area (Å²) >= 11 is 7.57. The van der Waals surface area contributed by atoms with Crippen LogP contribution in [0.15, 0.2) is 72.8 Å². The Kier molecular flexibility index (Phi) is 4.91. The molecule has 2 heterocycles. The highest BCUT2D eigenvalue weighted by molar-refractivity contribution is 8.02.